The van der Waals surface area contributed by atoms with E-state index in [1.165, 1.54) is 51.4 Å². The summed E-state index contributed by atoms with van der Waals surface area (Å²) in [4.78, 5) is 14.0. The first-order valence-corrected chi connectivity index (χ1v) is 24.7. The molecule has 0 aliphatic heterocycles. The van der Waals surface area contributed by atoms with E-state index < -0.39 is 16.6 Å². The van der Waals surface area contributed by atoms with E-state index in [1.54, 1.807) is 0 Å². The van der Waals surface area contributed by atoms with Gasteiger partial charge < -0.3 is 8.85 Å². The van der Waals surface area contributed by atoms with Crippen LogP contribution in [0.4, 0.5) is 0 Å². The number of ketones is 1. The van der Waals surface area contributed by atoms with Crippen molar-refractivity contribution in [2.75, 3.05) is 6.61 Å². The van der Waals surface area contributed by atoms with Gasteiger partial charge in [0.1, 0.15) is 5.78 Å². The first-order valence-electron chi connectivity index (χ1n) is 18.9. The molecule has 0 amide bonds. The maximum atomic E-state index is 14.0. The maximum Gasteiger partial charge on any atom is 0.192 e. The molecule has 4 rings (SSSR count). The monoisotopic (exact) mass is 647 g/mol. The summed E-state index contributed by atoms with van der Waals surface area (Å²) >= 11 is 0. The van der Waals surface area contributed by atoms with Crippen LogP contribution in [0, 0.1) is 52.3 Å². The number of hydrogen-bond donors (Lipinski definition) is 0. The highest BCUT2D eigenvalue weighted by Gasteiger charge is 2.62. The molecule has 10 atom stereocenters. The maximum absolute atomic E-state index is 14.0. The van der Waals surface area contributed by atoms with Crippen LogP contribution in [0.15, 0.2) is 0 Å². The van der Waals surface area contributed by atoms with E-state index in [4.69, 9.17) is 8.85 Å². The Morgan fingerprint density at radius 1 is 0.818 bits per heavy atom. The first kappa shape index (κ1) is 36.9. The van der Waals surface area contributed by atoms with Gasteiger partial charge in [0.05, 0.1) is 0 Å². The minimum atomic E-state index is -1.83. The number of Topliss-reactive ketones (excluding diaryl/α,β-unsaturated/α-hetero) is 1. The second kappa shape index (κ2) is 12.8. The predicted molar refractivity (Wildman–Crippen MR) is 193 cm³/mol. The van der Waals surface area contributed by atoms with E-state index in [-0.39, 0.29) is 27.5 Å². The zero-order valence-electron chi connectivity index (χ0n) is 31.8. The fraction of sp³-hybridized carbons (Fsp3) is 0.974. The molecule has 44 heavy (non-hydrogen) atoms. The molecule has 256 valence electrons. The SMILES string of the molecule is CC(CCC[C@@H](C)C1CCC2C3CC(=O)[C@H]4C[C@@H](O[Si](C)(C)C(C)(C)C)CC[C@]4(C)C3CC[C@@]21C)CO[Si](C)(C)C(C)(C)C. The lowest BCUT2D eigenvalue weighted by Crippen LogP contribution is -2.58. The van der Waals surface area contributed by atoms with Crippen molar-refractivity contribution in [1.29, 1.82) is 0 Å². The Kier molecular flexibility index (Phi) is 10.7. The van der Waals surface area contributed by atoms with E-state index in [1.807, 2.05) is 0 Å². The van der Waals surface area contributed by atoms with Crippen molar-refractivity contribution in [3.05, 3.63) is 0 Å². The normalized spacial score (nSPS) is 38.1. The van der Waals surface area contributed by atoms with Crippen LogP contribution in [-0.4, -0.2) is 35.1 Å². The van der Waals surface area contributed by atoms with Crippen molar-refractivity contribution in [1.82, 2.24) is 0 Å². The van der Waals surface area contributed by atoms with Gasteiger partial charge in [0.25, 0.3) is 0 Å². The molecule has 0 aromatic rings. The Balaban J connectivity index is 1.34. The molecule has 0 bridgehead atoms. The molecule has 0 heterocycles. The second-order valence-corrected chi connectivity index (χ2v) is 29.8. The molecule has 0 radical (unpaired) electrons. The summed E-state index contributed by atoms with van der Waals surface area (Å²) in [6, 6.07) is 0. The fourth-order valence-corrected chi connectivity index (χ4v) is 12.9. The van der Waals surface area contributed by atoms with Gasteiger partial charge in [-0.15, -0.1) is 0 Å². The Hall–Kier alpha value is 0.0238. The topological polar surface area (TPSA) is 35.5 Å². The molecule has 0 aromatic heterocycles. The van der Waals surface area contributed by atoms with Gasteiger partial charge in [-0.3, -0.25) is 4.79 Å². The summed E-state index contributed by atoms with van der Waals surface area (Å²) in [6.45, 7) is 34.6. The van der Waals surface area contributed by atoms with Gasteiger partial charge in [0, 0.05) is 25.0 Å². The highest BCUT2D eigenvalue weighted by atomic mass is 28.4. The third kappa shape index (κ3) is 7.07. The van der Waals surface area contributed by atoms with Gasteiger partial charge in [0.2, 0.25) is 0 Å². The Morgan fingerprint density at radius 3 is 2.02 bits per heavy atom. The second-order valence-electron chi connectivity index (χ2n) is 20.2. The summed E-state index contributed by atoms with van der Waals surface area (Å²) in [6.07, 6.45) is 13.9. The molecule has 0 spiro atoms. The van der Waals surface area contributed by atoms with Crippen LogP contribution in [0.2, 0.25) is 36.3 Å². The van der Waals surface area contributed by atoms with Crippen molar-refractivity contribution in [3.8, 4) is 0 Å². The van der Waals surface area contributed by atoms with E-state index in [0.717, 1.165) is 49.5 Å². The van der Waals surface area contributed by atoms with E-state index in [9.17, 15) is 4.79 Å². The van der Waals surface area contributed by atoms with E-state index in [2.05, 4.69) is 95.4 Å². The highest BCUT2D eigenvalue weighted by molar-refractivity contribution is 6.74. The smallest absolute Gasteiger partial charge is 0.192 e. The Morgan fingerprint density at radius 2 is 1.41 bits per heavy atom. The van der Waals surface area contributed by atoms with Crippen LogP contribution in [0.5, 0.6) is 0 Å². The lowest BCUT2D eigenvalue weighted by molar-refractivity contribution is -0.159. The van der Waals surface area contributed by atoms with E-state index in [0.29, 0.717) is 23.0 Å². The van der Waals surface area contributed by atoms with Crippen LogP contribution < -0.4 is 0 Å². The third-order valence-electron chi connectivity index (χ3n) is 15.3. The number of hydrogen-bond acceptors (Lipinski definition) is 3. The quantitative estimate of drug-likeness (QED) is 0.222. The average Bonchev–Trinajstić information content (AvgIpc) is 3.24. The number of carbonyl (C=O) groups excluding carboxylic acids is 1. The van der Waals surface area contributed by atoms with Crippen molar-refractivity contribution in [3.63, 3.8) is 0 Å². The van der Waals surface area contributed by atoms with Gasteiger partial charge >= 0.3 is 0 Å². The minimum absolute atomic E-state index is 0.181. The van der Waals surface area contributed by atoms with Gasteiger partial charge in [0.15, 0.2) is 16.6 Å². The average molecular weight is 647 g/mol. The molecule has 0 saturated heterocycles. The Bertz CT molecular complexity index is 1010. The molecule has 5 heteroatoms. The lowest BCUT2D eigenvalue weighted by atomic mass is 9.44. The largest absolute Gasteiger partial charge is 0.417 e. The number of fused-ring (bicyclic) bond motifs is 5. The summed E-state index contributed by atoms with van der Waals surface area (Å²) < 4.78 is 13.5. The fourth-order valence-electron chi connectivity index (χ4n) is 10.3. The zero-order valence-corrected chi connectivity index (χ0v) is 33.8. The van der Waals surface area contributed by atoms with Crippen LogP contribution in [-0.2, 0) is 13.6 Å². The van der Waals surface area contributed by atoms with Crippen LogP contribution in [0.1, 0.15) is 140 Å². The highest BCUT2D eigenvalue weighted by Crippen LogP contribution is 2.68. The summed E-state index contributed by atoms with van der Waals surface area (Å²) in [5.41, 5.74) is 0.602. The van der Waals surface area contributed by atoms with Crippen molar-refractivity contribution in [2.24, 2.45) is 52.3 Å². The summed E-state index contributed by atoms with van der Waals surface area (Å²) in [5.74, 6) is 5.14. The molecular weight excluding hydrogens is 573 g/mol. The lowest BCUT2D eigenvalue weighted by Gasteiger charge is -2.61. The number of carbonyl (C=O) groups is 1. The van der Waals surface area contributed by atoms with Gasteiger partial charge in [-0.2, -0.15) is 0 Å². The molecule has 4 aliphatic rings. The molecule has 0 aromatic carbocycles. The summed E-state index contributed by atoms with van der Waals surface area (Å²) in [7, 11) is -3.49. The van der Waals surface area contributed by atoms with Crippen LogP contribution in [0.3, 0.4) is 0 Å². The first-order chi connectivity index (χ1) is 20.0. The summed E-state index contributed by atoms with van der Waals surface area (Å²) in [5, 5.41) is 0.505. The molecule has 4 aliphatic carbocycles. The number of rotatable bonds is 10. The van der Waals surface area contributed by atoms with Gasteiger partial charge in [-0.05, 0) is 134 Å². The van der Waals surface area contributed by atoms with Crippen molar-refractivity contribution < 1.29 is 13.6 Å². The molecule has 4 fully saturated rings. The standard InChI is InChI=1S/C39H74O3Si2/c1-27(26-41-43(11,12)36(3,4)5)16-15-17-28(2)31-18-19-32-30-25-35(40)34-24-29(42-44(13,14)37(6,7)8)20-22-39(34,10)33(30)21-23-38(31,32)9/h27-34H,15-26H2,1-14H3/t27?,28-,29+,30?,31?,32?,33?,34-,38-,39-/m1/s1. The van der Waals surface area contributed by atoms with Crippen molar-refractivity contribution in [2.45, 2.75) is 182 Å². The third-order valence-corrected chi connectivity index (χ3v) is 24.4. The van der Waals surface area contributed by atoms with Crippen LogP contribution >= 0.6 is 0 Å². The molecular formula is C39H74O3Si2. The predicted octanol–water partition coefficient (Wildman–Crippen LogP) is 11.7. The molecule has 4 saturated carbocycles. The van der Waals surface area contributed by atoms with E-state index >= 15 is 0 Å². The minimum Gasteiger partial charge on any atom is -0.417 e. The molecule has 0 N–H and O–H groups in total. The molecule has 3 nitrogen and oxygen atoms in total. The van der Waals surface area contributed by atoms with Gasteiger partial charge in [-0.1, -0.05) is 82.1 Å². The van der Waals surface area contributed by atoms with Crippen LogP contribution in [0.25, 0.3) is 0 Å². The molecule has 5 unspecified atom stereocenters. The van der Waals surface area contributed by atoms with Gasteiger partial charge in [-0.25, -0.2) is 0 Å². The zero-order chi connectivity index (χ0) is 33.1. The Labute approximate surface area is 276 Å². The van der Waals surface area contributed by atoms with Crippen molar-refractivity contribution >= 4 is 22.4 Å².